The van der Waals surface area contributed by atoms with E-state index in [9.17, 15) is 14.7 Å². The van der Waals surface area contributed by atoms with Crippen molar-refractivity contribution in [3.8, 4) is 6.07 Å². The summed E-state index contributed by atoms with van der Waals surface area (Å²) in [4.78, 5) is 24.2. The zero-order valence-corrected chi connectivity index (χ0v) is 13.7. The first-order valence-corrected chi connectivity index (χ1v) is 7.65. The molecule has 6 nitrogen and oxygen atoms in total. The van der Waals surface area contributed by atoms with Crippen molar-refractivity contribution in [3.05, 3.63) is 71.3 Å². The highest BCUT2D eigenvalue weighted by Crippen LogP contribution is 2.13. The molecular weight excluding hydrogens is 320 g/mol. The van der Waals surface area contributed by atoms with Gasteiger partial charge in [0.15, 0.2) is 6.10 Å². The fourth-order valence-corrected chi connectivity index (χ4v) is 2.32. The van der Waals surface area contributed by atoms with Crippen LogP contribution in [0.4, 0.5) is 0 Å². The van der Waals surface area contributed by atoms with Crippen LogP contribution in [0.3, 0.4) is 0 Å². The molecular formula is C19H18N2O4. The Morgan fingerprint density at radius 3 is 2.36 bits per heavy atom. The van der Waals surface area contributed by atoms with Crippen LogP contribution in [0.2, 0.25) is 0 Å². The summed E-state index contributed by atoms with van der Waals surface area (Å²) in [6.45, 7) is 0. The van der Waals surface area contributed by atoms with E-state index in [2.05, 4.69) is 5.32 Å². The number of hydrogen-bond acceptors (Lipinski definition) is 5. The van der Waals surface area contributed by atoms with Gasteiger partial charge in [-0.2, -0.15) is 5.26 Å². The topological polar surface area (TPSA) is 99.4 Å². The predicted octanol–water partition coefficient (Wildman–Crippen LogP) is 1.49. The highest BCUT2D eigenvalue weighted by molar-refractivity contribution is 5.87. The van der Waals surface area contributed by atoms with E-state index in [1.165, 1.54) is 7.11 Å². The quantitative estimate of drug-likeness (QED) is 0.778. The van der Waals surface area contributed by atoms with Gasteiger partial charge in [-0.1, -0.05) is 42.5 Å². The summed E-state index contributed by atoms with van der Waals surface area (Å²) in [6, 6.07) is 16.2. The van der Waals surface area contributed by atoms with Crippen LogP contribution in [0, 0.1) is 11.3 Å². The van der Waals surface area contributed by atoms with E-state index < -0.39 is 24.0 Å². The Morgan fingerprint density at radius 1 is 1.16 bits per heavy atom. The van der Waals surface area contributed by atoms with Gasteiger partial charge in [0.2, 0.25) is 0 Å². The summed E-state index contributed by atoms with van der Waals surface area (Å²) in [5.41, 5.74) is 1.69. The minimum absolute atomic E-state index is 0.186. The molecule has 2 aromatic rings. The molecule has 0 radical (unpaired) electrons. The van der Waals surface area contributed by atoms with E-state index in [0.717, 1.165) is 5.56 Å². The molecule has 0 fully saturated rings. The molecule has 0 saturated carbocycles. The van der Waals surface area contributed by atoms with Gasteiger partial charge in [-0.05, 0) is 23.3 Å². The van der Waals surface area contributed by atoms with E-state index in [1.54, 1.807) is 54.6 Å². The minimum atomic E-state index is -1.38. The van der Waals surface area contributed by atoms with Gasteiger partial charge < -0.3 is 15.2 Å². The Kier molecular flexibility index (Phi) is 6.26. The number of carbonyl (C=O) groups is 2. The zero-order valence-electron chi connectivity index (χ0n) is 13.7. The second-order valence-electron chi connectivity index (χ2n) is 5.41. The third-order valence-corrected chi connectivity index (χ3v) is 3.69. The van der Waals surface area contributed by atoms with E-state index in [-0.39, 0.29) is 6.42 Å². The van der Waals surface area contributed by atoms with Gasteiger partial charge in [-0.25, -0.2) is 4.79 Å². The molecule has 0 saturated heterocycles. The molecule has 2 atom stereocenters. The molecule has 0 aliphatic rings. The zero-order chi connectivity index (χ0) is 18.2. The van der Waals surface area contributed by atoms with E-state index in [0.29, 0.717) is 11.1 Å². The van der Waals surface area contributed by atoms with Gasteiger partial charge in [-0.3, -0.25) is 4.79 Å². The Hall–Kier alpha value is -3.17. The molecule has 1 amide bonds. The number of aliphatic hydroxyl groups excluding tert-OH is 1. The Morgan fingerprint density at radius 2 is 1.80 bits per heavy atom. The van der Waals surface area contributed by atoms with Crippen molar-refractivity contribution in [2.24, 2.45) is 0 Å². The molecule has 2 aromatic carbocycles. The van der Waals surface area contributed by atoms with Crippen molar-refractivity contribution in [1.29, 1.82) is 5.26 Å². The molecule has 0 bridgehead atoms. The monoisotopic (exact) mass is 338 g/mol. The van der Waals surface area contributed by atoms with Crippen LogP contribution in [0.25, 0.3) is 0 Å². The number of nitriles is 1. The third kappa shape index (κ3) is 4.90. The first kappa shape index (κ1) is 18.2. The Bertz CT molecular complexity index is 766. The number of ether oxygens (including phenoxy) is 1. The van der Waals surface area contributed by atoms with Gasteiger partial charge in [0, 0.05) is 6.42 Å². The Balaban J connectivity index is 2.10. The van der Waals surface area contributed by atoms with Crippen LogP contribution in [0.1, 0.15) is 22.8 Å². The number of carbonyl (C=O) groups excluding carboxylic acids is 2. The molecule has 0 heterocycles. The fourth-order valence-electron chi connectivity index (χ4n) is 2.32. The second-order valence-corrected chi connectivity index (χ2v) is 5.41. The SMILES string of the molecule is COC(=O)[C@@H](Cc1ccc(C#N)cc1)NC(=O)[C@@H](O)c1ccccc1. The van der Waals surface area contributed by atoms with Crippen molar-refractivity contribution in [1.82, 2.24) is 5.32 Å². The summed E-state index contributed by atoms with van der Waals surface area (Å²) < 4.78 is 4.73. The van der Waals surface area contributed by atoms with Crippen LogP contribution in [0.5, 0.6) is 0 Å². The van der Waals surface area contributed by atoms with Gasteiger partial charge >= 0.3 is 5.97 Å². The van der Waals surface area contributed by atoms with Gasteiger partial charge in [0.25, 0.3) is 5.91 Å². The van der Waals surface area contributed by atoms with Crippen molar-refractivity contribution in [3.63, 3.8) is 0 Å². The molecule has 2 N–H and O–H groups in total. The Labute approximate surface area is 145 Å². The molecule has 0 spiro atoms. The lowest BCUT2D eigenvalue weighted by Crippen LogP contribution is -2.45. The number of aliphatic hydroxyl groups is 1. The number of amides is 1. The standard InChI is InChI=1S/C19H18N2O4/c1-25-19(24)16(11-13-7-9-14(12-20)10-8-13)21-18(23)17(22)15-5-3-2-4-6-15/h2-10,16-17,22H,11H2,1H3,(H,21,23)/t16-,17+/m1/s1. The fraction of sp³-hybridized carbons (Fsp3) is 0.211. The maximum Gasteiger partial charge on any atom is 0.328 e. The maximum absolute atomic E-state index is 12.3. The number of rotatable bonds is 6. The van der Waals surface area contributed by atoms with Crippen molar-refractivity contribution >= 4 is 11.9 Å². The minimum Gasteiger partial charge on any atom is -0.467 e. The summed E-state index contributed by atoms with van der Waals surface area (Å²) in [5.74, 6) is -1.30. The number of nitrogens with zero attached hydrogens (tertiary/aromatic N) is 1. The van der Waals surface area contributed by atoms with Crippen LogP contribution in [0.15, 0.2) is 54.6 Å². The first-order valence-electron chi connectivity index (χ1n) is 7.65. The first-order chi connectivity index (χ1) is 12.0. The van der Waals surface area contributed by atoms with Crippen LogP contribution in [-0.2, 0) is 20.7 Å². The number of hydrogen-bond donors (Lipinski definition) is 2. The lowest BCUT2D eigenvalue weighted by Gasteiger charge is -2.19. The molecule has 0 aliphatic carbocycles. The van der Waals surface area contributed by atoms with E-state index >= 15 is 0 Å². The second kappa shape index (κ2) is 8.62. The van der Waals surface area contributed by atoms with E-state index in [1.807, 2.05) is 6.07 Å². The molecule has 0 unspecified atom stereocenters. The van der Waals surface area contributed by atoms with Gasteiger partial charge in [-0.15, -0.1) is 0 Å². The average molecular weight is 338 g/mol. The largest absolute Gasteiger partial charge is 0.467 e. The van der Waals surface area contributed by atoms with Crippen molar-refractivity contribution in [2.75, 3.05) is 7.11 Å². The van der Waals surface area contributed by atoms with Gasteiger partial charge in [0.05, 0.1) is 18.7 Å². The lowest BCUT2D eigenvalue weighted by molar-refractivity contribution is -0.146. The highest BCUT2D eigenvalue weighted by Gasteiger charge is 2.26. The molecule has 25 heavy (non-hydrogen) atoms. The smallest absolute Gasteiger partial charge is 0.328 e. The lowest BCUT2D eigenvalue weighted by atomic mass is 10.0. The highest BCUT2D eigenvalue weighted by atomic mass is 16.5. The molecule has 6 heteroatoms. The summed E-state index contributed by atoms with van der Waals surface area (Å²) in [5, 5.41) is 21.5. The number of nitrogens with one attached hydrogen (secondary N) is 1. The summed E-state index contributed by atoms with van der Waals surface area (Å²) in [7, 11) is 1.23. The summed E-state index contributed by atoms with van der Waals surface area (Å²) >= 11 is 0. The third-order valence-electron chi connectivity index (χ3n) is 3.69. The normalized spacial score (nSPS) is 12.5. The maximum atomic E-state index is 12.3. The van der Waals surface area contributed by atoms with Crippen LogP contribution in [-0.4, -0.2) is 30.1 Å². The average Bonchev–Trinajstić information content (AvgIpc) is 2.67. The van der Waals surface area contributed by atoms with Gasteiger partial charge in [0.1, 0.15) is 6.04 Å². The van der Waals surface area contributed by atoms with Crippen molar-refractivity contribution < 1.29 is 19.4 Å². The van der Waals surface area contributed by atoms with Crippen LogP contribution >= 0.6 is 0 Å². The van der Waals surface area contributed by atoms with Crippen LogP contribution < -0.4 is 5.32 Å². The van der Waals surface area contributed by atoms with E-state index in [4.69, 9.17) is 10.00 Å². The summed E-state index contributed by atoms with van der Waals surface area (Å²) in [6.07, 6.45) is -1.19. The number of esters is 1. The molecule has 0 aliphatic heterocycles. The molecule has 0 aromatic heterocycles. The van der Waals surface area contributed by atoms with Crippen molar-refractivity contribution in [2.45, 2.75) is 18.6 Å². The molecule has 2 rings (SSSR count). The number of benzene rings is 2. The number of methoxy groups -OCH3 is 1. The molecule has 128 valence electrons. The predicted molar refractivity (Wildman–Crippen MR) is 90.2 cm³/mol.